The van der Waals surface area contributed by atoms with Gasteiger partial charge in [0, 0.05) is 24.3 Å². The van der Waals surface area contributed by atoms with Gasteiger partial charge in [-0.2, -0.15) is 0 Å². The van der Waals surface area contributed by atoms with Crippen LogP contribution in [0.4, 0.5) is 0 Å². The van der Waals surface area contributed by atoms with Crippen LogP contribution < -0.4 is 0 Å². The number of unbranched alkanes of at least 4 members (excludes halogenated alkanes) is 5. The number of epoxide rings is 1. The third-order valence-electron chi connectivity index (χ3n) is 8.09. The molecule has 0 radical (unpaired) electrons. The molecule has 3 fully saturated rings. The van der Waals surface area contributed by atoms with Gasteiger partial charge in [-0.05, 0) is 53.4 Å². The van der Waals surface area contributed by atoms with E-state index in [4.69, 9.17) is 23.7 Å². The van der Waals surface area contributed by atoms with Crippen LogP contribution in [0.15, 0.2) is 11.6 Å². The van der Waals surface area contributed by atoms with Crippen molar-refractivity contribution in [1.29, 1.82) is 0 Å². The molecular weight excluding hydrogens is 504 g/mol. The first-order valence-corrected chi connectivity index (χ1v) is 14.7. The van der Waals surface area contributed by atoms with E-state index in [1.165, 1.54) is 7.11 Å². The fraction of sp³-hybridized carbons (Fsp3) is 0.867. The Morgan fingerprint density at radius 3 is 2.38 bits per heavy atom. The molecule has 3 rings (SSSR count). The number of fused-ring (bicyclic) bond motifs is 1. The molecule has 0 aromatic heterocycles. The molecule has 0 bridgehead atoms. The lowest BCUT2D eigenvalue weighted by atomic mass is 9.85. The van der Waals surface area contributed by atoms with Gasteiger partial charge in [-0.1, -0.05) is 38.2 Å². The van der Waals surface area contributed by atoms with Gasteiger partial charge in [-0.15, -0.1) is 0 Å². The molecule has 3 heterocycles. The largest absolute Gasteiger partial charge is 0.469 e. The number of ether oxygens (including phenoxy) is 6. The number of aliphatic hydroxyl groups is 1. The van der Waals surface area contributed by atoms with E-state index in [2.05, 4.69) is 4.74 Å². The lowest BCUT2D eigenvalue weighted by molar-refractivity contribution is -0.153. The van der Waals surface area contributed by atoms with Crippen LogP contribution in [0.1, 0.15) is 92.4 Å². The van der Waals surface area contributed by atoms with Gasteiger partial charge < -0.3 is 33.5 Å². The molecule has 3 aliphatic heterocycles. The van der Waals surface area contributed by atoms with Gasteiger partial charge >= 0.3 is 11.9 Å². The summed E-state index contributed by atoms with van der Waals surface area (Å²) in [6.45, 7) is 10.5. The summed E-state index contributed by atoms with van der Waals surface area (Å²) in [5, 5.41) is 9.88. The quantitative estimate of drug-likeness (QED) is 0.128. The number of esters is 2. The first kappa shape index (κ1) is 32.0. The van der Waals surface area contributed by atoms with Gasteiger partial charge in [-0.25, -0.2) is 4.79 Å². The van der Waals surface area contributed by atoms with Crippen molar-refractivity contribution in [3.63, 3.8) is 0 Å². The number of hydrogen-bond acceptors (Lipinski definition) is 9. The maximum absolute atomic E-state index is 12.3. The van der Waals surface area contributed by atoms with Crippen LogP contribution >= 0.6 is 0 Å². The molecule has 0 aromatic carbocycles. The number of rotatable bonds is 16. The Morgan fingerprint density at radius 1 is 1.03 bits per heavy atom. The summed E-state index contributed by atoms with van der Waals surface area (Å²) in [5.74, 6) is -0.945. The van der Waals surface area contributed by atoms with E-state index >= 15 is 0 Å². The van der Waals surface area contributed by atoms with Crippen molar-refractivity contribution in [2.24, 2.45) is 11.8 Å². The summed E-state index contributed by atoms with van der Waals surface area (Å²) in [7, 11) is 1.41. The summed E-state index contributed by atoms with van der Waals surface area (Å²) >= 11 is 0. The van der Waals surface area contributed by atoms with E-state index in [1.807, 2.05) is 27.7 Å². The van der Waals surface area contributed by atoms with Crippen LogP contribution in [0.3, 0.4) is 0 Å². The zero-order valence-corrected chi connectivity index (χ0v) is 24.7. The first-order valence-electron chi connectivity index (χ1n) is 14.7. The van der Waals surface area contributed by atoms with E-state index < -0.39 is 11.9 Å². The number of hydrogen-bond donors (Lipinski definition) is 1. The maximum atomic E-state index is 12.3. The van der Waals surface area contributed by atoms with Crippen LogP contribution in [-0.4, -0.2) is 79.8 Å². The third-order valence-corrected chi connectivity index (χ3v) is 8.09. The van der Waals surface area contributed by atoms with Gasteiger partial charge in [-0.3, -0.25) is 4.79 Å². The van der Waals surface area contributed by atoms with E-state index in [0.29, 0.717) is 26.1 Å². The lowest BCUT2D eigenvalue weighted by Crippen LogP contribution is -2.48. The monoisotopic (exact) mass is 554 g/mol. The second kappa shape index (κ2) is 14.9. The van der Waals surface area contributed by atoms with Gasteiger partial charge in [0.1, 0.15) is 6.10 Å². The lowest BCUT2D eigenvalue weighted by Gasteiger charge is -2.37. The average molecular weight is 555 g/mol. The molecule has 0 spiro atoms. The molecule has 8 atom stereocenters. The zero-order chi connectivity index (χ0) is 28.6. The summed E-state index contributed by atoms with van der Waals surface area (Å²) in [6.07, 6.45) is 8.45. The molecular formula is C30H50O9. The highest BCUT2D eigenvalue weighted by atomic mass is 16.8. The molecule has 0 saturated carbocycles. The number of carbonyl (C=O) groups excluding carboxylic acids is 2. The predicted octanol–water partition coefficient (Wildman–Crippen LogP) is 4.48. The van der Waals surface area contributed by atoms with Crippen molar-refractivity contribution in [2.75, 3.05) is 20.3 Å². The molecule has 9 nitrogen and oxygen atoms in total. The van der Waals surface area contributed by atoms with Gasteiger partial charge in [0.2, 0.25) is 0 Å². The highest BCUT2D eigenvalue weighted by molar-refractivity contribution is 5.82. The fourth-order valence-electron chi connectivity index (χ4n) is 5.64. The molecule has 0 amide bonds. The average Bonchev–Trinajstić information content (AvgIpc) is 3.55. The topological polar surface area (TPSA) is 113 Å². The Hall–Kier alpha value is -1.52. The summed E-state index contributed by atoms with van der Waals surface area (Å²) in [5.41, 5.74) is 0.887. The Balaban J connectivity index is 1.37. The molecule has 0 aliphatic carbocycles. The molecule has 3 saturated heterocycles. The first-order chi connectivity index (χ1) is 18.5. The van der Waals surface area contributed by atoms with Gasteiger partial charge in [0.05, 0.1) is 50.8 Å². The molecule has 1 N–H and O–H groups in total. The number of methoxy groups -OCH3 is 1. The summed E-state index contributed by atoms with van der Waals surface area (Å²) in [4.78, 5) is 23.4. The van der Waals surface area contributed by atoms with Gasteiger partial charge in [0.25, 0.3) is 0 Å². The SMILES string of the molecule is COC(=O)CCCCCCCCOC(=O)/C=C(\C)CC1OCC(CC2OC2C(C)C(C)O)C2OC(C)(C)OC12. The second-order valence-corrected chi connectivity index (χ2v) is 12.0. The highest BCUT2D eigenvalue weighted by Gasteiger charge is 2.54. The molecule has 9 heteroatoms. The Morgan fingerprint density at radius 2 is 1.69 bits per heavy atom. The van der Waals surface area contributed by atoms with Crippen molar-refractivity contribution in [1.82, 2.24) is 0 Å². The summed E-state index contributed by atoms with van der Waals surface area (Å²) in [6, 6.07) is 0. The third kappa shape index (κ3) is 10.1. The van der Waals surface area contributed by atoms with Crippen molar-refractivity contribution in [3.05, 3.63) is 11.6 Å². The number of carbonyl (C=O) groups is 2. The normalized spacial score (nSPS) is 31.3. The molecule has 8 unspecified atom stereocenters. The standard InChI is InChI=1S/C30H50O9/c1-19(16-26(33)35-14-12-10-8-7-9-11-13-25(32)34-6)15-23-29-28(38-30(4,5)39-29)22(18-36-23)17-24-27(37-24)20(2)21(3)31/h16,20-24,27-29,31H,7-15,17-18H2,1-6H3/b19-16+. The second-order valence-electron chi connectivity index (χ2n) is 12.0. The van der Waals surface area contributed by atoms with Crippen molar-refractivity contribution >= 4 is 11.9 Å². The minimum absolute atomic E-state index is 0.0747. The van der Waals surface area contributed by atoms with Crippen molar-refractivity contribution < 1.29 is 43.1 Å². The molecule has 0 aromatic rings. The van der Waals surface area contributed by atoms with Crippen LogP contribution in [0.2, 0.25) is 0 Å². The molecule has 224 valence electrons. The fourth-order valence-corrected chi connectivity index (χ4v) is 5.64. The van der Waals surface area contributed by atoms with Crippen molar-refractivity contribution in [3.8, 4) is 0 Å². The van der Waals surface area contributed by atoms with E-state index in [-0.39, 0.29) is 54.3 Å². The minimum Gasteiger partial charge on any atom is -0.469 e. The van der Waals surface area contributed by atoms with E-state index in [0.717, 1.165) is 50.5 Å². The van der Waals surface area contributed by atoms with Crippen LogP contribution in [0.5, 0.6) is 0 Å². The maximum Gasteiger partial charge on any atom is 0.330 e. The highest BCUT2D eigenvalue weighted by Crippen LogP contribution is 2.44. The Kier molecular flexibility index (Phi) is 12.2. The van der Waals surface area contributed by atoms with Crippen LogP contribution in [-0.2, 0) is 38.0 Å². The number of aliphatic hydroxyl groups excluding tert-OH is 1. The van der Waals surface area contributed by atoms with Crippen LogP contribution in [0, 0.1) is 11.8 Å². The zero-order valence-electron chi connectivity index (χ0n) is 24.7. The predicted molar refractivity (Wildman–Crippen MR) is 145 cm³/mol. The Labute approximate surface area is 233 Å². The Bertz CT molecular complexity index is 823. The minimum atomic E-state index is -0.700. The summed E-state index contributed by atoms with van der Waals surface area (Å²) < 4.78 is 34.8. The van der Waals surface area contributed by atoms with Crippen molar-refractivity contribution in [2.45, 2.75) is 135 Å². The van der Waals surface area contributed by atoms with Crippen LogP contribution in [0.25, 0.3) is 0 Å². The van der Waals surface area contributed by atoms with E-state index in [1.54, 1.807) is 13.0 Å². The smallest absolute Gasteiger partial charge is 0.330 e. The molecule has 3 aliphatic rings. The van der Waals surface area contributed by atoms with E-state index in [9.17, 15) is 14.7 Å². The molecule has 39 heavy (non-hydrogen) atoms. The van der Waals surface area contributed by atoms with Gasteiger partial charge in [0.15, 0.2) is 5.79 Å².